The van der Waals surface area contributed by atoms with Gasteiger partial charge in [-0.3, -0.25) is 0 Å². The number of para-hydroxylation sites is 2. The molecule has 1 aliphatic rings. The minimum atomic E-state index is 0.659. The van der Waals surface area contributed by atoms with Crippen LogP contribution in [-0.4, -0.2) is 13.2 Å². The lowest BCUT2D eigenvalue weighted by atomic mass is 10.1. The molecule has 0 amide bonds. The van der Waals surface area contributed by atoms with E-state index in [9.17, 15) is 0 Å². The monoisotopic (exact) mass is 190 g/mol. The maximum Gasteiger partial charge on any atom is 0.161 e. The standard InChI is InChI=1S/C12H14O2/c1-9-7-13-11-5-3-4-6-12(11)14-8-10(9)2/h3-6H,7-8H2,1-2H3. The summed E-state index contributed by atoms with van der Waals surface area (Å²) in [6.45, 7) is 5.47. The first-order valence-electron chi connectivity index (χ1n) is 4.77. The fourth-order valence-corrected chi connectivity index (χ4v) is 1.31. The summed E-state index contributed by atoms with van der Waals surface area (Å²) in [5.74, 6) is 1.67. The van der Waals surface area contributed by atoms with E-state index in [0.717, 1.165) is 11.5 Å². The molecule has 0 fully saturated rings. The first kappa shape index (κ1) is 9.13. The summed E-state index contributed by atoms with van der Waals surface area (Å²) in [5, 5.41) is 0. The number of hydrogen-bond donors (Lipinski definition) is 0. The smallest absolute Gasteiger partial charge is 0.161 e. The van der Waals surface area contributed by atoms with Crippen molar-refractivity contribution in [2.45, 2.75) is 13.8 Å². The van der Waals surface area contributed by atoms with Crippen molar-refractivity contribution in [3.05, 3.63) is 35.4 Å². The van der Waals surface area contributed by atoms with Crippen LogP contribution in [0.1, 0.15) is 13.8 Å². The molecule has 74 valence electrons. The number of benzene rings is 1. The lowest BCUT2D eigenvalue weighted by molar-refractivity contribution is 0.282. The lowest BCUT2D eigenvalue weighted by Gasteiger charge is -2.18. The first-order chi connectivity index (χ1) is 6.77. The Morgan fingerprint density at radius 1 is 0.857 bits per heavy atom. The Labute approximate surface area is 84.2 Å². The zero-order valence-electron chi connectivity index (χ0n) is 8.54. The Bertz CT molecular complexity index is 331. The fraction of sp³-hybridized carbons (Fsp3) is 0.333. The van der Waals surface area contributed by atoms with Gasteiger partial charge in [0.2, 0.25) is 0 Å². The third-order valence-corrected chi connectivity index (χ3v) is 2.47. The molecule has 0 saturated carbocycles. The van der Waals surface area contributed by atoms with Crippen LogP contribution in [0, 0.1) is 0 Å². The molecule has 0 atom stereocenters. The summed E-state index contributed by atoms with van der Waals surface area (Å²) in [6, 6.07) is 7.78. The third kappa shape index (κ3) is 1.74. The van der Waals surface area contributed by atoms with Crippen molar-refractivity contribution < 1.29 is 9.47 Å². The highest BCUT2D eigenvalue weighted by Crippen LogP contribution is 2.28. The summed E-state index contributed by atoms with van der Waals surface area (Å²) in [4.78, 5) is 0. The van der Waals surface area contributed by atoms with Crippen molar-refractivity contribution in [1.29, 1.82) is 0 Å². The molecule has 0 aliphatic carbocycles. The van der Waals surface area contributed by atoms with E-state index in [4.69, 9.17) is 9.47 Å². The van der Waals surface area contributed by atoms with Gasteiger partial charge in [0.1, 0.15) is 13.2 Å². The molecule has 2 nitrogen and oxygen atoms in total. The molecule has 2 heteroatoms. The van der Waals surface area contributed by atoms with Gasteiger partial charge in [0.15, 0.2) is 11.5 Å². The zero-order valence-corrected chi connectivity index (χ0v) is 8.54. The van der Waals surface area contributed by atoms with Gasteiger partial charge in [-0.25, -0.2) is 0 Å². The number of hydrogen-bond acceptors (Lipinski definition) is 2. The Hall–Kier alpha value is -1.44. The number of ether oxygens (including phenoxy) is 2. The van der Waals surface area contributed by atoms with Gasteiger partial charge in [-0.2, -0.15) is 0 Å². The van der Waals surface area contributed by atoms with Gasteiger partial charge in [-0.15, -0.1) is 0 Å². The van der Waals surface area contributed by atoms with E-state index in [0.29, 0.717) is 13.2 Å². The molecule has 0 aromatic heterocycles. The molecule has 0 spiro atoms. The second-order valence-electron chi connectivity index (χ2n) is 3.58. The number of fused-ring (bicyclic) bond motifs is 1. The van der Waals surface area contributed by atoms with Crippen molar-refractivity contribution >= 4 is 0 Å². The molecule has 1 aliphatic heterocycles. The molecule has 0 bridgehead atoms. The second-order valence-corrected chi connectivity index (χ2v) is 3.58. The van der Waals surface area contributed by atoms with Crippen molar-refractivity contribution in [2.75, 3.05) is 13.2 Å². The summed E-state index contributed by atoms with van der Waals surface area (Å²) in [5.41, 5.74) is 2.50. The van der Waals surface area contributed by atoms with E-state index < -0.39 is 0 Å². The van der Waals surface area contributed by atoms with Crippen LogP contribution < -0.4 is 9.47 Å². The van der Waals surface area contributed by atoms with E-state index in [-0.39, 0.29) is 0 Å². The minimum absolute atomic E-state index is 0.659. The van der Waals surface area contributed by atoms with E-state index in [2.05, 4.69) is 13.8 Å². The molecule has 0 saturated heterocycles. The Balaban J connectivity index is 2.28. The van der Waals surface area contributed by atoms with Crippen molar-refractivity contribution in [2.24, 2.45) is 0 Å². The maximum absolute atomic E-state index is 5.63. The van der Waals surface area contributed by atoms with Crippen LogP contribution >= 0.6 is 0 Å². The molecule has 2 rings (SSSR count). The van der Waals surface area contributed by atoms with E-state index >= 15 is 0 Å². The largest absolute Gasteiger partial charge is 0.485 e. The van der Waals surface area contributed by atoms with Crippen LogP contribution in [0.25, 0.3) is 0 Å². The van der Waals surface area contributed by atoms with Crippen molar-refractivity contribution in [1.82, 2.24) is 0 Å². The molecular weight excluding hydrogens is 176 g/mol. The summed E-state index contributed by atoms with van der Waals surface area (Å²) >= 11 is 0. The van der Waals surface area contributed by atoms with Crippen LogP contribution in [0.3, 0.4) is 0 Å². The summed E-state index contributed by atoms with van der Waals surface area (Å²) in [7, 11) is 0. The zero-order chi connectivity index (χ0) is 9.97. The quantitative estimate of drug-likeness (QED) is 0.586. The highest BCUT2D eigenvalue weighted by atomic mass is 16.5. The van der Waals surface area contributed by atoms with E-state index in [1.807, 2.05) is 24.3 Å². The van der Waals surface area contributed by atoms with Crippen molar-refractivity contribution in [3.63, 3.8) is 0 Å². The fourth-order valence-electron chi connectivity index (χ4n) is 1.31. The first-order valence-corrected chi connectivity index (χ1v) is 4.77. The SMILES string of the molecule is CC1=C(C)COc2ccccc2OC1. The van der Waals surface area contributed by atoms with Gasteiger partial charge in [-0.1, -0.05) is 12.1 Å². The molecule has 0 N–H and O–H groups in total. The molecule has 0 radical (unpaired) electrons. The lowest BCUT2D eigenvalue weighted by Crippen LogP contribution is -2.10. The molecule has 14 heavy (non-hydrogen) atoms. The normalized spacial score (nSPS) is 16.1. The van der Waals surface area contributed by atoms with Crippen LogP contribution in [0.2, 0.25) is 0 Å². The van der Waals surface area contributed by atoms with Gasteiger partial charge >= 0.3 is 0 Å². The van der Waals surface area contributed by atoms with Crippen LogP contribution in [0.4, 0.5) is 0 Å². The molecule has 1 heterocycles. The van der Waals surface area contributed by atoms with Gasteiger partial charge in [0.05, 0.1) is 0 Å². The number of rotatable bonds is 0. The molecular formula is C12H14O2. The average molecular weight is 190 g/mol. The second kappa shape index (κ2) is 3.74. The van der Waals surface area contributed by atoms with Crippen LogP contribution in [0.15, 0.2) is 35.4 Å². The van der Waals surface area contributed by atoms with E-state index in [1.165, 1.54) is 11.1 Å². The van der Waals surface area contributed by atoms with Crippen LogP contribution in [-0.2, 0) is 0 Å². The topological polar surface area (TPSA) is 18.5 Å². The maximum atomic E-state index is 5.63. The Morgan fingerprint density at radius 2 is 1.29 bits per heavy atom. The average Bonchev–Trinajstić information content (AvgIpc) is 2.21. The predicted molar refractivity (Wildman–Crippen MR) is 55.8 cm³/mol. The van der Waals surface area contributed by atoms with Gasteiger partial charge < -0.3 is 9.47 Å². The van der Waals surface area contributed by atoms with Gasteiger partial charge in [0, 0.05) is 0 Å². The highest BCUT2D eigenvalue weighted by molar-refractivity contribution is 5.40. The Kier molecular flexibility index (Phi) is 2.44. The molecule has 1 aromatic rings. The van der Waals surface area contributed by atoms with Crippen LogP contribution in [0.5, 0.6) is 11.5 Å². The third-order valence-electron chi connectivity index (χ3n) is 2.47. The van der Waals surface area contributed by atoms with Gasteiger partial charge in [0.25, 0.3) is 0 Å². The van der Waals surface area contributed by atoms with Gasteiger partial charge in [-0.05, 0) is 37.1 Å². The predicted octanol–water partition coefficient (Wildman–Crippen LogP) is 2.79. The summed E-state index contributed by atoms with van der Waals surface area (Å²) in [6.07, 6.45) is 0. The molecule has 1 aromatic carbocycles. The Morgan fingerprint density at radius 3 is 1.71 bits per heavy atom. The van der Waals surface area contributed by atoms with E-state index in [1.54, 1.807) is 0 Å². The minimum Gasteiger partial charge on any atom is -0.485 e. The summed E-state index contributed by atoms with van der Waals surface area (Å²) < 4.78 is 11.3. The molecule has 0 unspecified atom stereocenters. The highest BCUT2D eigenvalue weighted by Gasteiger charge is 2.09. The van der Waals surface area contributed by atoms with Crippen molar-refractivity contribution in [3.8, 4) is 11.5 Å².